The van der Waals surface area contributed by atoms with Crippen molar-refractivity contribution >= 4 is 33.9 Å². The average molecular weight is 378 g/mol. The summed E-state index contributed by atoms with van der Waals surface area (Å²) in [5, 5.41) is 3.94. The first-order valence-corrected chi connectivity index (χ1v) is 8.04. The molecular formula is C16H16BrN3O3. The topological polar surface area (TPSA) is 67.1 Å². The Balaban J connectivity index is 1.59. The van der Waals surface area contributed by atoms with Gasteiger partial charge in [0.1, 0.15) is 5.76 Å². The Morgan fingerprint density at radius 1 is 1.22 bits per heavy atom. The summed E-state index contributed by atoms with van der Waals surface area (Å²) in [6, 6.07) is 10.9. The number of benzene rings is 1. The number of carbonyl (C=O) groups excluding carboxylic acids is 1. The number of hydrogen-bond donors (Lipinski definition) is 1. The molecule has 0 radical (unpaired) electrons. The monoisotopic (exact) mass is 377 g/mol. The molecule has 2 heterocycles. The molecule has 7 heteroatoms. The molecule has 120 valence electrons. The number of morpholine rings is 1. The van der Waals surface area contributed by atoms with Crippen molar-refractivity contribution in [3.05, 3.63) is 52.2 Å². The quantitative estimate of drug-likeness (QED) is 0.656. The molecule has 0 saturated carbocycles. The van der Waals surface area contributed by atoms with E-state index in [0.29, 0.717) is 24.5 Å². The minimum atomic E-state index is -0.284. The van der Waals surface area contributed by atoms with Crippen molar-refractivity contribution in [2.45, 2.75) is 0 Å². The molecule has 3 rings (SSSR count). The van der Waals surface area contributed by atoms with E-state index >= 15 is 0 Å². The van der Waals surface area contributed by atoms with Gasteiger partial charge < -0.3 is 14.1 Å². The zero-order valence-electron chi connectivity index (χ0n) is 12.4. The smallest absolute Gasteiger partial charge is 0.272 e. The van der Waals surface area contributed by atoms with Gasteiger partial charge in [0, 0.05) is 23.6 Å². The van der Waals surface area contributed by atoms with Crippen LogP contribution in [0.5, 0.6) is 0 Å². The van der Waals surface area contributed by atoms with Crippen molar-refractivity contribution in [1.29, 1.82) is 0 Å². The fourth-order valence-corrected chi connectivity index (χ4v) is 2.69. The van der Waals surface area contributed by atoms with Gasteiger partial charge in [-0.25, -0.2) is 5.43 Å². The Kier molecular flexibility index (Phi) is 5.09. The molecule has 1 aliphatic rings. The van der Waals surface area contributed by atoms with Crippen LogP contribution < -0.4 is 10.3 Å². The molecule has 23 heavy (non-hydrogen) atoms. The molecule has 0 aliphatic carbocycles. The van der Waals surface area contributed by atoms with Crippen LogP contribution in [-0.4, -0.2) is 38.4 Å². The minimum Gasteiger partial charge on any atom is -0.440 e. The van der Waals surface area contributed by atoms with E-state index in [4.69, 9.17) is 9.15 Å². The number of hydrazone groups is 1. The van der Waals surface area contributed by atoms with Gasteiger partial charge in [0.2, 0.25) is 0 Å². The lowest BCUT2D eigenvalue weighted by Crippen LogP contribution is -2.35. The highest BCUT2D eigenvalue weighted by atomic mass is 79.9. The van der Waals surface area contributed by atoms with Crippen LogP contribution in [0.4, 0.5) is 5.88 Å². The third kappa shape index (κ3) is 4.00. The van der Waals surface area contributed by atoms with Gasteiger partial charge in [0.15, 0.2) is 5.88 Å². The predicted octanol–water partition coefficient (Wildman–Crippen LogP) is 2.64. The number of ether oxygens (including phenoxy) is 1. The second kappa shape index (κ2) is 7.43. The van der Waals surface area contributed by atoms with Crippen LogP contribution in [0.3, 0.4) is 0 Å². The molecule has 0 spiro atoms. The summed E-state index contributed by atoms with van der Waals surface area (Å²) in [7, 11) is 0. The van der Waals surface area contributed by atoms with E-state index in [-0.39, 0.29) is 5.91 Å². The molecule has 0 bridgehead atoms. The third-order valence-corrected chi connectivity index (χ3v) is 4.10. The highest BCUT2D eigenvalue weighted by molar-refractivity contribution is 9.10. The molecule has 1 amide bonds. The molecule has 1 N–H and O–H groups in total. The molecule has 1 saturated heterocycles. The van der Waals surface area contributed by atoms with E-state index in [9.17, 15) is 4.79 Å². The van der Waals surface area contributed by atoms with E-state index in [1.54, 1.807) is 18.2 Å². The SMILES string of the molecule is O=C(N/N=C\c1ccc(N2CCOCC2)o1)c1ccccc1Br. The van der Waals surface area contributed by atoms with E-state index in [1.165, 1.54) is 6.21 Å². The van der Waals surface area contributed by atoms with Crippen LogP contribution in [0.1, 0.15) is 16.1 Å². The number of nitrogens with one attached hydrogen (secondary N) is 1. The molecule has 1 aliphatic heterocycles. The molecule has 1 aromatic heterocycles. The largest absolute Gasteiger partial charge is 0.440 e. The Bertz CT molecular complexity index is 708. The average Bonchev–Trinajstić information content (AvgIpc) is 3.05. The minimum absolute atomic E-state index is 0.284. The van der Waals surface area contributed by atoms with Crippen molar-refractivity contribution in [2.75, 3.05) is 31.2 Å². The maximum atomic E-state index is 12.0. The molecule has 1 fully saturated rings. The Morgan fingerprint density at radius 3 is 2.78 bits per heavy atom. The van der Waals surface area contributed by atoms with Crippen LogP contribution in [0.2, 0.25) is 0 Å². The van der Waals surface area contributed by atoms with E-state index in [2.05, 4.69) is 31.4 Å². The lowest BCUT2D eigenvalue weighted by Gasteiger charge is -2.26. The number of amides is 1. The summed E-state index contributed by atoms with van der Waals surface area (Å²) in [6.45, 7) is 3.02. The first-order valence-electron chi connectivity index (χ1n) is 7.24. The van der Waals surface area contributed by atoms with Crippen molar-refractivity contribution in [2.24, 2.45) is 5.10 Å². The Morgan fingerprint density at radius 2 is 2.00 bits per heavy atom. The number of hydrogen-bond acceptors (Lipinski definition) is 5. The van der Waals surface area contributed by atoms with Gasteiger partial charge in [0.05, 0.1) is 25.0 Å². The van der Waals surface area contributed by atoms with Crippen molar-refractivity contribution in [3.8, 4) is 0 Å². The zero-order valence-corrected chi connectivity index (χ0v) is 14.0. The van der Waals surface area contributed by atoms with Gasteiger partial charge in [-0.05, 0) is 34.1 Å². The fourth-order valence-electron chi connectivity index (χ4n) is 2.23. The van der Waals surface area contributed by atoms with Crippen LogP contribution >= 0.6 is 15.9 Å². The van der Waals surface area contributed by atoms with Crippen molar-refractivity contribution in [1.82, 2.24) is 5.43 Å². The summed E-state index contributed by atoms with van der Waals surface area (Å²) in [5.74, 6) is 1.08. The highest BCUT2D eigenvalue weighted by Crippen LogP contribution is 2.18. The number of rotatable bonds is 4. The molecule has 1 aromatic carbocycles. The van der Waals surface area contributed by atoms with Gasteiger partial charge in [-0.1, -0.05) is 12.1 Å². The number of nitrogens with zero attached hydrogens (tertiary/aromatic N) is 2. The Labute approximate surface area is 142 Å². The third-order valence-electron chi connectivity index (χ3n) is 3.41. The Hall–Kier alpha value is -2.12. The number of furan rings is 1. The van der Waals surface area contributed by atoms with Gasteiger partial charge in [-0.15, -0.1) is 0 Å². The van der Waals surface area contributed by atoms with E-state index in [1.807, 2.05) is 18.2 Å². The summed E-state index contributed by atoms with van der Waals surface area (Å²) in [5.41, 5.74) is 3.01. The normalized spacial score (nSPS) is 15.1. The van der Waals surface area contributed by atoms with Crippen molar-refractivity contribution < 1.29 is 13.9 Å². The molecule has 0 unspecified atom stereocenters. The first kappa shape index (κ1) is 15.8. The van der Waals surface area contributed by atoms with Crippen LogP contribution in [0.15, 0.2) is 50.4 Å². The standard InChI is InChI=1S/C16H16BrN3O3/c17-14-4-2-1-3-13(14)16(21)19-18-11-12-5-6-15(23-12)20-7-9-22-10-8-20/h1-6,11H,7-10H2,(H,19,21)/b18-11-. The lowest BCUT2D eigenvalue weighted by atomic mass is 10.2. The van der Waals surface area contributed by atoms with E-state index in [0.717, 1.165) is 23.4 Å². The second-order valence-electron chi connectivity index (χ2n) is 4.95. The molecule has 0 atom stereocenters. The van der Waals surface area contributed by atoms with Gasteiger partial charge >= 0.3 is 0 Å². The fraction of sp³-hybridized carbons (Fsp3) is 0.250. The first-order chi connectivity index (χ1) is 11.2. The predicted molar refractivity (Wildman–Crippen MR) is 90.9 cm³/mol. The lowest BCUT2D eigenvalue weighted by molar-refractivity contribution is 0.0954. The summed E-state index contributed by atoms with van der Waals surface area (Å²) < 4.78 is 11.7. The molecular weight excluding hydrogens is 362 g/mol. The summed E-state index contributed by atoms with van der Waals surface area (Å²) in [6.07, 6.45) is 1.48. The van der Waals surface area contributed by atoms with Crippen LogP contribution in [-0.2, 0) is 4.74 Å². The van der Waals surface area contributed by atoms with Crippen molar-refractivity contribution in [3.63, 3.8) is 0 Å². The highest BCUT2D eigenvalue weighted by Gasteiger charge is 2.14. The number of halogens is 1. The van der Waals surface area contributed by atoms with Crippen LogP contribution in [0.25, 0.3) is 0 Å². The number of anilines is 1. The van der Waals surface area contributed by atoms with Crippen LogP contribution in [0, 0.1) is 0 Å². The van der Waals surface area contributed by atoms with E-state index < -0.39 is 0 Å². The second-order valence-corrected chi connectivity index (χ2v) is 5.81. The summed E-state index contributed by atoms with van der Waals surface area (Å²) >= 11 is 3.33. The van der Waals surface area contributed by atoms with Gasteiger partial charge in [0.25, 0.3) is 5.91 Å². The maximum absolute atomic E-state index is 12.0. The zero-order chi connectivity index (χ0) is 16.1. The molecule has 2 aromatic rings. The summed E-state index contributed by atoms with van der Waals surface area (Å²) in [4.78, 5) is 14.1. The van der Waals surface area contributed by atoms with Gasteiger partial charge in [-0.2, -0.15) is 5.10 Å². The maximum Gasteiger partial charge on any atom is 0.272 e. The molecule has 6 nitrogen and oxygen atoms in total. The number of carbonyl (C=O) groups is 1. The van der Waals surface area contributed by atoms with Gasteiger partial charge in [-0.3, -0.25) is 4.79 Å².